The van der Waals surface area contributed by atoms with Crippen LogP contribution in [0.3, 0.4) is 0 Å². The number of aromatic hydroxyl groups is 1. The molecule has 0 unspecified atom stereocenters. The Morgan fingerprint density at radius 3 is 2.28 bits per heavy atom. The minimum Gasteiger partial charge on any atom is -0.507 e. The average molecular weight is 630 g/mol. The first-order valence-corrected chi connectivity index (χ1v) is 14.0. The van der Waals surface area contributed by atoms with Gasteiger partial charge in [0, 0.05) is 42.8 Å². The zero-order valence-corrected chi connectivity index (χ0v) is 24.6. The van der Waals surface area contributed by atoms with E-state index in [1.54, 1.807) is 6.08 Å². The Morgan fingerprint density at radius 2 is 1.67 bits per heavy atom. The first-order chi connectivity index (χ1) is 20.3. The summed E-state index contributed by atoms with van der Waals surface area (Å²) < 4.78 is 10.8. The molecule has 2 aromatic rings. The number of nitrogens with zero attached hydrogens (tertiary/aromatic N) is 3. The first kappa shape index (κ1) is 28.9. The number of rotatable bonds is 5. The van der Waals surface area contributed by atoms with Crippen molar-refractivity contribution in [2.24, 2.45) is 17.8 Å². The van der Waals surface area contributed by atoms with Gasteiger partial charge in [-0.1, -0.05) is 11.6 Å². The molecular formula is C29H25Cl2N3O9. The Kier molecular flexibility index (Phi) is 6.51. The van der Waals surface area contributed by atoms with Crippen LogP contribution in [0.4, 0.5) is 11.4 Å². The number of carbonyl (C=O) groups is 4. The predicted octanol–water partition coefficient (Wildman–Crippen LogP) is 3.51. The summed E-state index contributed by atoms with van der Waals surface area (Å²) in [6, 6.07) is 7.85. The zero-order valence-electron chi connectivity index (χ0n) is 23.1. The molecule has 0 radical (unpaired) electrons. The minimum absolute atomic E-state index is 0.0816. The molecule has 6 atom stereocenters. The molecule has 3 fully saturated rings. The number of likely N-dealkylation sites (tertiary alicyclic amines) is 1. The molecule has 4 amide bonds. The van der Waals surface area contributed by atoms with Crippen LogP contribution in [0.15, 0.2) is 48.0 Å². The maximum Gasteiger partial charge on any atom is 0.269 e. The zero-order chi connectivity index (χ0) is 31.2. The molecule has 1 N–H and O–H groups in total. The molecule has 224 valence electrons. The topological polar surface area (TPSA) is 157 Å². The monoisotopic (exact) mass is 629 g/mol. The van der Waals surface area contributed by atoms with E-state index in [1.165, 1.54) is 57.7 Å². The second-order valence-corrected chi connectivity index (χ2v) is 12.3. The molecule has 12 nitrogen and oxygen atoms in total. The summed E-state index contributed by atoms with van der Waals surface area (Å²) in [5.41, 5.74) is 0.508. The van der Waals surface area contributed by atoms with Crippen LogP contribution >= 0.6 is 23.2 Å². The lowest BCUT2D eigenvalue weighted by molar-refractivity contribution is -0.384. The van der Waals surface area contributed by atoms with E-state index in [2.05, 4.69) is 0 Å². The quantitative estimate of drug-likeness (QED) is 0.172. The van der Waals surface area contributed by atoms with Crippen LogP contribution in [-0.4, -0.2) is 69.6 Å². The third-order valence-electron chi connectivity index (χ3n) is 9.17. The van der Waals surface area contributed by atoms with Gasteiger partial charge in [0.1, 0.15) is 17.2 Å². The number of ether oxygens (including phenoxy) is 2. The smallest absolute Gasteiger partial charge is 0.269 e. The second kappa shape index (κ2) is 9.68. The van der Waals surface area contributed by atoms with Crippen LogP contribution in [-0.2, 0) is 19.2 Å². The molecule has 43 heavy (non-hydrogen) atoms. The van der Waals surface area contributed by atoms with Crippen molar-refractivity contribution in [3.8, 4) is 17.2 Å². The standard InChI is InChI=1S/C29H25Cl2N3O9/c1-32-26(38)28(30)12-18-16(23(29(28,31)27(32)39)22-19(35)10-15(42-2)11-20(22)43-3)8-9-17-21(18)25(37)33(24(17)36)13-4-6-14(7-5-13)34(40)41/h4-8,10-11,17-18,21,23,35H,9,12H2,1-3H3/t17-,18+,21-,23+,28+,29-/m0/s1. The third-order valence-corrected chi connectivity index (χ3v) is 10.6. The lowest BCUT2D eigenvalue weighted by Crippen LogP contribution is -2.60. The number of halogens is 2. The molecule has 4 aliphatic rings. The summed E-state index contributed by atoms with van der Waals surface area (Å²) >= 11 is 14.3. The minimum atomic E-state index is -2.11. The summed E-state index contributed by atoms with van der Waals surface area (Å²) in [6.45, 7) is 0. The van der Waals surface area contributed by atoms with Crippen LogP contribution < -0.4 is 14.4 Å². The van der Waals surface area contributed by atoms with Crippen LogP contribution in [0.5, 0.6) is 17.2 Å². The van der Waals surface area contributed by atoms with Gasteiger partial charge in [0.2, 0.25) is 11.8 Å². The van der Waals surface area contributed by atoms with Gasteiger partial charge in [-0.05, 0) is 30.9 Å². The SMILES string of the molecule is COc1cc(O)c([C@H]2C3=CC[C@@H]4C(=O)N(c5ccc([N+](=O)[O-])cc5)C(=O)[C@@H]4[C@@H]3C[C@@]3(Cl)C(=O)N(C)C(=O)[C@@]23Cl)c(OC)c1. The number of amides is 4. The van der Waals surface area contributed by atoms with Gasteiger partial charge < -0.3 is 14.6 Å². The number of alkyl halides is 2. The number of benzene rings is 2. The maximum atomic E-state index is 14.0. The van der Waals surface area contributed by atoms with Gasteiger partial charge in [0.25, 0.3) is 17.5 Å². The Morgan fingerprint density at radius 1 is 1.00 bits per heavy atom. The number of nitro groups is 1. The number of carbonyl (C=O) groups excluding carboxylic acids is 4. The fourth-order valence-electron chi connectivity index (χ4n) is 7.20. The number of hydrogen-bond acceptors (Lipinski definition) is 9. The number of fused-ring (bicyclic) bond motifs is 4. The highest BCUT2D eigenvalue weighted by Crippen LogP contribution is 2.67. The lowest BCUT2D eigenvalue weighted by atomic mass is 9.56. The van der Waals surface area contributed by atoms with Gasteiger partial charge in [0.15, 0.2) is 9.75 Å². The van der Waals surface area contributed by atoms with Crippen LogP contribution in [0.2, 0.25) is 0 Å². The molecular weight excluding hydrogens is 605 g/mol. The Hall–Kier alpha value is -4.16. The van der Waals surface area contributed by atoms with Crippen molar-refractivity contribution in [1.82, 2.24) is 4.90 Å². The molecule has 1 saturated carbocycles. The third kappa shape index (κ3) is 3.69. The van der Waals surface area contributed by atoms with Crippen molar-refractivity contribution in [2.45, 2.75) is 28.5 Å². The van der Waals surface area contributed by atoms with E-state index in [1.807, 2.05) is 0 Å². The summed E-state index contributed by atoms with van der Waals surface area (Å²) in [6.07, 6.45) is 1.59. The van der Waals surface area contributed by atoms with Crippen LogP contribution in [0, 0.1) is 27.9 Å². The van der Waals surface area contributed by atoms with E-state index in [0.29, 0.717) is 5.57 Å². The number of phenolic OH excluding ortho intramolecular Hbond substituents is 1. The molecule has 14 heteroatoms. The molecule has 0 bridgehead atoms. The second-order valence-electron chi connectivity index (χ2n) is 11.0. The van der Waals surface area contributed by atoms with Gasteiger partial charge in [-0.2, -0.15) is 0 Å². The summed E-state index contributed by atoms with van der Waals surface area (Å²) in [5.74, 6) is -6.46. The van der Waals surface area contributed by atoms with Gasteiger partial charge in [-0.3, -0.25) is 39.1 Å². The van der Waals surface area contributed by atoms with Crippen molar-refractivity contribution in [3.05, 3.63) is 63.7 Å². The van der Waals surface area contributed by atoms with Gasteiger partial charge in [0.05, 0.1) is 36.7 Å². The summed E-state index contributed by atoms with van der Waals surface area (Å²) in [4.78, 5) is 63.3. The Balaban J connectivity index is 1.52. The molecule has 0 spiro atoms. The van der Waals surface area contributed by atoms with Crippen LogP contribution in [0.1, 0.15) is 24.3 Å². The van der Waals surface area contributed by atoms with E-state index in [9.17, 15) is 34.4 Å². The Bertz CT molecular complexity index is 1660. The normalized spacial score (nSPS) is 31.4. The number of allylic oxidation sites excluding steroid dienone is 2. The molecule has 2 heterocycles. The van der Waals surface area contributed by atoms with Crippen molar-refractivity contribution < 1.29 is 38.7 Å². The van der Waals surface area contributed by atoms with E-state index < -0.39 is 62.0 Å². The number of imide groups is 2. The fraction of sp³-hybridized carbons (Fsp3) is 0.379. The Labute approximate surface area is 254 Å². The fourth-order valence-corrected chi connectivity index (χ4v) is 8.21. The number of anilines is 1. The van der Waals surface area contributed by atoms with Crippen LogP contribution in [0.25, 0.3) is 0 Å². The molecule has 0 aromatic heterocycles. The first-order valence-electron chi connectivity index (χ1n) is 13.3. The average Bonchev–Trinajstić information content (AvgIpc) is 3.32. The molecule has 6 rings (SSSR count). The molecule has 2 aliphatic carbocycles. The molecule has 2 saturated heterocycles. The number of phenols is 1. The largest absolute Gasteiger partial charge is 0.507 e. The number of methoxy groups -OCH3 is 2. The van der Waals surface area contributed by atoms with Gasteiger partial charge in [-0.25, -0.2) is 0 Å². The van der Waals surface area contributed by atoms with Crippen molar-refractivity contribution in [3.63, 3.8) is 0 Å². The highest BCUT2D eigenvalue weighted by Gasteiger charge is 2.76. The number of hydrogen-bond donors (Lipinski definition) is 1. The van der Waals surface area contributed by atoms with Crippen molar-refractivity contribution >= 4 is 58.2 Å². The molecule has 2 aliphatic heterocycles. The lowest BCUT2D eigenvalue weighted by Gasteiger charge is -2.51. The van der Waals surface area contributed by atoms with Gasteiger partial charge in [-0.15, -0.1) is 23.2 Å². The number of nitro benzene ring substituents is 1. The highest BCUT2D eigenvalue weighted by atomic mass is 35.5. The van der Waals surface area contributed by atoms with E-state index in [4.69, 9.17) is 32.7 Å². The highest BCUT2D eigenvalue weighted by molar-refractivity contribution is 6.53. The van der Waals surface area contributed by atoms with E-state index in [-0.39, 0.29) is 47.0 Å². The van der Waals surface area contributed by atoms with Gasteiger partial charge >= 0.3 is 0 Å². The summed E-state index contributed by atoms with van der Waals surface area (Å²) in [7, 11) is 4.02. The number of non-ortho nitro benzene ring substituents is 1. The summed E-state index contributed by atoms with van der Waals surface area (Å²) in [5, 5.41) is 22.4. The van der Waals surface area contributed by atoms with E-state index in [0.717, 1.165) is 9.80 Å². The van der Waals surface area contributed by atoms with Crippen molar-refractivity contribution in [1.29, 1.82) is 0 Å². The maximum absolute atomic E-state index is 14.0. The predicted molar refractivity (Wildman–Crippen MR) is 152 cm³/mol. The molecule has 2 aromatic carbocycles. The van der Waals surface area contributed by atoms with Crippen molar-refractivity contribution in [2.75, 3.05) is 26.2 Å². The van der Waals surface area contributed by atoms with E-state index >= 15 is 0 Å².